The Hall–Kier alpha value is -2.12. The molecule has 0 heterocycles. The molecule has 2 aromatic rings. The van der Waals surface area contributed by atoms with Crippen LogP contribution in [0.25, 0.3) is 0 Å². The average molecular weight is 355 g/mol. The number of hydrogen-bond acceptors (Lipinski definition) is 4. The fraction of sp³-hybridized carbons (Fsp3) is 0.200. The second-order valence-electron chi connectivity index (χ2n) is 4.97. The summed E-state index contributed by atoms with van der Waals surface area (Å²) in [5, 5.41) is 11.2. The summed E-state index contributed by atoms with van der Waals surface area (Å²) in [6.45, 7) is 3.82. The van der Waals surface area contributed by atoms with E-state index in [1.807, 2.05) is 13.8 Å². The molecular weight excluding hydrogens is 340 g/mol. The van der Waals surface area contributed by atoms with Crippen molar-refractivity contribution in [2.75, 3.05) is 4.72 Å². The molecule has 0 amide bonds. The second kappa shape index (κ2) is 6.55. The molecule has 0 fully saturated rings. The predicted octanol–water partition coefficient (Wildman–Crippen LogP) is 3.92. The van der Waals surface area contributed by atoms with Crippen molar-refractivity contribution >= 4 is 33.0 Å². The molecule has 0 radical (unpaired) electrons. The summed E-state index contributed by atoms with van der Waals surface area (Å²) in [6, 6.07) is 8.51. The lowest BCUT2D eigenvalue weighted by atomic mass is 10.1. The van der Waals surface area contributed by atoms with Gasteiger partial charge in [-0.2, -0.15) is 0 Å². The first-order valence-corrected chi connectivity index (χ1v) is 8.67. The summed E-state index contributed by atoms with van der Waals surface area (Å²) in [5.41, 5.74) is 1.37. The molecule has 23 heavy (non-hydrogen) atoms. The second-order valence-corrected chi connectivity index (χ2v) is 7.08. The van der Waals surface area contributed by atoms with Gasteiger partial charge in [-0.05, 0) is 48.7 Å². The van der Waals surface area contributed by atoms with Crippen molar-refractivity contribution in [3.8, 4) is 0 Å². The first kappa shape index (κ1) is 17.2. The highest BCUT2D eigenvalue weighted by atomic mass is 35.5. The monoisotopic (exact) mass is 354 g/mol. The number of halogens is 1. The molecule has 0 spiro atoms. The molecule has 8 heteroatoms. The third-order valence-electron chi connectivity index (χ3n) is 3.41. The van der Waals surface area contributed by atoms with Gasteiger partial charge in [-0.1, -0.05) is 24.6 Å². The van der Waals surface area contributed by atoms with E-state index in [4.69, 9.17) is 11.6 Å². The minimum Gasteiger partial charge on any atom is -0.273 e. The zero-order chi connectivity index (χ0) is 17.2. The van der Waals surface area contributed by atoms with E-state index in [-0.39, 0.29) is 15.6 Å². The van der Waals surface area contributed by atoms with Crippen molar-refractivity contribution in [2.45, 2.75) is 25.2 Å². The van der Waals surface area contributed by atoms with Crippen molar-refractivity contribution in [1.29, 1.82) is 0 Å². The number of nitrogens with zero attached hydrogens (tertiary/aromatic N) is 1. The van der Waals surface area contributed by atoms with Crippen LogP contribution in [0.2, 0.25) is 5.02 Å². The van der Waals surface area contributed by atoms with Crippen LogP contribution in [0.5, 0.6) is 0 Å². The third-order valence-corrected chi connectivity index (χ3v) is 5.01. The SMILES string of the molecule is CCc1cc(S(=O)(=O)Nc2ccc(Cl)cc2[N+](=O)[O-])ccc1C. The molecule has 0 unspecified atom stereocenters. The molecule has 2 aromatic carbocycles. The van der Waals surface area contributed by atoms with Crippen LogP contribution in [0.15, 0.2) is 41.3 Å². The van der Waals surface area contributed by atoms with Crippen molar-refractivity contribution in [3.05, 3.63) is 62.7 Å². The predicted molar refractivity (Wildman–Crippen MR) is 89.5 cm³/mol. The van der Waals surface area contributed by atoms with Crippen LogP contribution in [-0.2, 0) is 16.4 Å². The molecule has 0 aliphatic carbocycles. The van der Waals surface area contributed by atoms with Crippen molar-refractivity contribution in [1.82, 2.24) is 0 Å². The maximum Gasteiger partial charge on any atom is 0.294 e. The highest BCUT2D eigenvalue weighted by molar-refractivity contribution is 7.92. The first-order valence-electron chi connectivity index (χ1n) is 6.81. The quantitative estimate of drug-likeness (QED) is 0.651. The van der Waals surface area contributed by atoms with Gasteiger partial charge in [0.25, 0.3) is 15.7 Å². The Balaban J connectivity index is 2.45. The summed E-state index contributed by atoms with van der Waals surface area (Å²) in [6.07, 6.45) is 0.691. The Kier molecular flexibility index (Phi) is 4.91. The van der Waals surface area contributed by atoms with E-state index in [1.165, 1.54) is 18.2 Å². The van der Waals surface area contributed by atoms with Gasteiger partial charge in [0.05, 0.1) is 9.82 Å². The summed E-state index contributed by atoms with van der Waals surface area (Å²) in [4.78, 5) is 10.4. The van der Waals surface area contributed by atoms with Gasteiger partial charge in [-0.25, -0.2) is 8.42 Å². The van der Waals surface area contributed by atoms with Crippen LogP contribution in [0.1, 0.15) is 18.1 Å². The minimum atomic E-state index is -3.93. The van der Waals surface area contributed by atoms with Gasteiger partial charge in [0, 0.05) is 11.1 Å². The highest BCUT2D eigenvalue weighted by Gasteiger charge is 2.21. The number of benzene rings is 2. The van der Waals surface area contributed by atoms with E-state index in [1.54, 1.807) is 12.1 Å². The van der Waals surface area contributed by atoms with E-state index in [0.29, 0.717) is 6.42 Å². The summed E-state index contributed by atoms with van der Waals surface area (Å²) in [7, 11) is -3.93. The van der Waals surface area contributed by atoms with Crippen molar-refractivity contribution in [2.24, 2.45) is 0 Å². The highest BCUT2D eigenvalue weighted by Crippen LogP contribution is 2.30. The summed E-state index contributed by atoms with van der Waals surface area (Å²) in [5.74, 6) is 0. The number of nitro benzene ring substituents is 1. The van der Waals surface area contributed by atoms with Gasteiger partial charge in [0.15, 0.2) is 0 Å². The molecule has 0 bridgehead atoms. The van der Waals surface area contributed by atoms with Gasteiger partial charge in [-0.3, -0.25) is 14.8 Å². The van der Waals surface area contributed by atoms with Crippen LogP contribution in [-0.4, -0.2) is 13.3 Å². The van der Waals surface area contributed by atoms with E-state index < -0.39 is 20.6 Å². The molecule has 0 saturated heterocycles. The number of sulfonamides is 1. The van der Waals surface area contributed by atoms with Gasteiger partial charge in [0.1, 0.15) is 5.69 Å². The number of anilines is 1. The molecule has 0 saturated carbocycles. The standard InChI is InChI=1S/C15H15ClN2O4S/c1-3-11-8-13(6-4-10(11)2)23(21,22)17-14-7-5-12(16)9-15(14)18(19)20/h4-9,17H,3H2,1-2H3. The number of nitrogens with one attached hydrogen (secondary N) is 1. The van der Waals surface area contributed by atoms with Crippen LogP contribution in [0, 0.1) is 17.0 Å². The molecule has 0 aliphatic rings. The zero-order valence-corrected chi connectivity index (χ0v) is 14.1. The fourth-order valence-electron chi connectivity index (χ4n) is 2.14. The zero-order valence-electron chi connectivity index (χ0n) is 12.5. The van der Waals surface area contributed by atoms with Gasteiger partial charge in [0.2, 0.25) is 0 Å². The van der Waals surface area contributed by atoms with Crippen LogP contribution in [0.4, 0.5) is 11.4 Å². The number of aryl methyl sites for hydroxylation is 2. The van der Waals surface area contributed by atoms with Gasteiger partial charge < -0.3 is 0 Å². The van der Waals surface area contributed by atoms with E-state index in [2.05, 4.69) is 4.72 Å². The smallest absolute Gasteiger partial charge is 0.273 e. The topological polar surface area (TPSA) is 89.3 Å². The van der Waals surface area contributed by atoms with Crippen LogP contribution < -0.4 is 4.72 Å². The Morgan fingerprint density at radius 3 is 2.52 bits per heavy atom. The normalized spacial score (nSPS) is 11.3. The summed E-state index contributed by atoms with van der Waals surface area (Å²) >= 11 is 5.72. The molecule has 6 nitrogen and oxygen atoms in total. The molecule has 122 valence electrons. The van der Waals surface area contributed by atoms with Gasteiger partial charge >= 0.3 is 0 Å². The molecule has 0 atom stereocenters. The largest absolute Gasteiger partial charge is 0.294 e. The third kappa shape index (κ3) is 3.80. The first-order chi connectivity index (χ1) is 10.7. The number of rotatable bonds is 5. The lowest BCUT2D eigenvalue weighted by Crippen LogP contribution is -2.14. The lowest BCUT2D eigenvalue weighted by Gasteiger charge is -2.11. The average Bonchev–Trinajstić information content (AvgIpc) is 2.49. The molecule has 0 aromatic heterocycles. The van der Waals surface area contributed by atoms with Crippen molar-refractivity contribution in [3.63, 3.8) is 0 Å². The Morgan fingerprint density at radius 2 is 1.91 bits per heavy atom. The van der Waals surface area contributed by atoms with Crippen LogP contribution in [0.3, 0.4) is 0 Å². The maximum absolute atomic E-state index is 12.5. The summed E-state index contributed by atoms with van der Waals surface area (Å²) < 4.78 is 27.2. The van der Waals surface area contributed by atoms with Gasteiger partial charge in [-0.15, -0.1) is 0 Å². The van der Waals surface area contributed by atoms with Crippen molar-refractivity contribution < 1.29 is 13.3 Å². The molecule has 1 N–H and O–H groups in total. The lowest BCUT2D eigenvalue weighted by molar-refractivity contribution is -0.383. The number of nitro groups is 1. The van der Waals surface area contributed by atoms with E-state index in [0.717, 1.165) is 17.2 Å². The molecular formula is C15H15ClN2O4S. The number of hydrogen-bond donors (Lipinski definition) is 1. The molecule has 0 aliphatic heterocycles. The Morgan fingerprint density at radius 1 is 1.22 bits per heavy atom. The van der Waals surface area contributed by atoms with Crippen LogP contribution >= 0.6 is 11.6 Å². The molecule has 2 rings (SSSR count). The minimum absolute atomic E-state index is 0.0594. The maximum atomic E-state index is 12.5. The Bertz CT molecular complexity index is 866. The van der Waals surface area contributed by atoms with E-state index in [9.17, 15) is 18.5 Å². The van der Waals surface area contributed by atoms with E-state index >= 15 is 0 Å². The fourth-order valence-corrected chi connectivity index (χ4v) is 3.43. The Labute approximate surface area is 139 Å².